The summed E-state index contributed by atoms with van der Waals surface area (Å²) in [6.45, 7) is 4.02. The summed E-state index contributed by atoms with van der Waals surface area (Å²) in [5.41, 5.74) is 1.80. The highest BCUT2D eigenvalue weighted by atomic mass is 16.5. The van der Waals surface area contributed by atoms with E-state index in [9.17, 15) is 0 Å². The first kappa shape index (κ1) is 16.8. The third-order valence-electron chi connectivity index (χ3n) is 3.60. The molecule has 0 bridgehead atoms. The van der Waals surface area contributed by atoms with Gasteiger partial charge in [-0.05, 0) is 19.1 Å². The van der Waals surface area contributed by atoms with Gasteiger partial charge in [-0.3, -0.25) is 0 Å². The highest BCUT2D eigenvalue weighted by Gasteiger charge is 2.06. The predicted octanol–water partition coefficient (Wildman–Crippen LogP) is 3.23. The average Bonchev–Trinajstić information content (AvgIpc) is 3.32. The van der Waals surface area contributed by atoms with Crippen molar-refractivity contribution in [1.29, 1.82) is 0 Å². The van der Waals surface area contributed by atoms with Gasteiger partial charge in [-0.2, -0.15) is 0 Å². The normalized spacial score (nSPS) is 11.5. The second kappa shape index (κ2) is 8.73. The number of benzene rings is 1. The second-order valence-electron chi connectivity index (χ2n) is 5.50. The molecule has 2 aromatic heterocycles. The lowest BCUT2D eigenvalue weighted by Gasteiger charge is -2.10. The van der Waals surface area contributed by atoms with Gasteiger partial charge >= 0.3 is 0 Å². The second-order valence-corrected chi connectivity index (χ2v) is 5.50. The molecule has 0 radical (unpaired) electrons. The summed E-state index contributed by atoms with van der Waals surface area (Å²) in [4.78, 5) is 4.55. The van der Waals surface area contributed by atoms with Crippen LogP contribution in [0, 0.1) is 0 Å². The Labute approximate surface area is 146 Å². The number of aliphatic imine (C=N–C) groups is 1. The molecule has 130 valence electrons. The molecule has 25 heavy (non-hydrogen) atoms. The van der Waals surface area contributed by atoms with Gasteiger partial charge in [-0.15, -0.1) is 0 Å². The number of hydrogen-bond donors (Lipinski definition) is 2. The van der Waals surface area contributed by atoms with Crippen LogP contribution in [0.2, 0.25) is 0 Å². The molecule has 0 unspecified atom stereocenters. The van der Waals surface area contributed by atoms with Crippen LogP contribution < -0.4 is 10.6 Å². The number of aromatic nitrogens is 1. The Bertz CT molecular complexity index is 779. The minimum Gasteiger partial charge on any atom is -0.469 e. The zero-order valence-electron chi connectivity index (χ0n) is 14.2. The molecule has 0 aliphatic heterocycles. The molecule has 2 N–H and O–H groups in total. The zero-order valence-corrected chi connectivity index (χ0v) is 14.2. The topological polar surface area (TPSA) is 75.6 Å². The van der Waals surface area contributed by atoms with E-state index in [-0.39, 0.29) is 0 Å². The van der Waals surface area contributed by atoms with Crippen LogP contribution in [0.15, 0.2) is 68.7 Å². The van der Waals surface area contributed by atoms with Gasteiger partial charge in [0.15, 0.2) is 11.7 Å². The maximum atomic E-state index is 5.40. The number of hydrogen-bond acceptors (Lipinski definition) is 4. The van der Waals surface area contributed by atoms with Gasteiger partial charge in [0, 0.05) is 31.1 Å². The van der Waals surface area contributed by atoms with Crippen molar-refractivity contribution in [3.05, 3.63) is 66.2 Å². The lowest BCUT2D eigenvalue weighted by Crippen LogP contribution is -2.38. The largest absolute Gasteiger partial charge is 0.469 e. The van der Waals surface area contributed by atoms with Crippen molar-refractivity contribution in [2.45, 2.75) is 19.9 Å². The molecule has 3 rings (SSSR count). The molecule has 0 fully saturated rings. The van der Waals surface area contributed by atoms with Gasteiger partial charge in [0.2, 0.25) is 0 Å². The van der Waals surface area contributed by atoms with Crippen molar-refractivity contribution in [2.24, 2.45) is 4.99 Å². The monoisotopic (exact) mass is 338 g/mol. The first-order valence-corrected chi connectivity index (χ1v) is 8.40. The molecular formula is C19H22N4O2. The Morgan fingerprint density at radius 3 is 2.76 bits per heavy atom. The molecule has 0 atom stereocenters. The van der Waals surface area contributed by atoms with Crippen molar-refractivity contribution in [3.8, 4) is 11.3 Å². The summed E-state index contributed by atoms with van der Waals surface area (Å²) in [6, 6.07) is 15.7. The Morgan fingerprint density at radius 2 is 2.00 bits per heavy atom. The van der Waals surface area contributed by atoms with E-state index >= 15 is 0 Å². The van der Waals surface area contributed by atoms with E-state index in [1.165, 1.54) is 0 Å². The van der Waals surface area contributed by atoms with E-state index < -0.39 is 0 Å². The van der Waals surface area contributed by atoms with Crippen LogP contribution in [0.1, 0.15) is 18.4 Å². The van der Waals surface area contributed by atoms with E-state index in [1.807, 2.05) is 55.5 Å². The quantitative estimate of drug-likeness (QED) is 0.511. The summed E-state index contributed by atoms with van der Waals surface area (Å²) in [5, 5.41) is 10.6. The van der Waals surface area contributed by atoms with E-state index in [4.69, 9.17) is 8.94 Å². The van der Waals surface area contributed by atoms with E-state index in [0.29, 0.717) is 6.54 Å². The fourth-order valence-corrected chi connectivity index (χ4v) is 2.39. The summed E-state index contributed by atoms with van der Waals surface area (Å²) in [7, 11) is 0. The van der Waals surface area contributed by atoms with Crippen molar-refractivity contribution >= 4 is 5.96 Å². The van der Waals surface area contributed by atoms with Crippen LogP contribution in [0.5, 0.6) is 0 Å². The van der Waals surface area contributed by atoms with Crippen LogP contribution in [0.25, 0.3) is 11.3 Å². The summed E-state index contributed by atoms with van der Waals surface area (Å²) in [5.74, 6) is 2.45. The fourth-order valence-electron chi connectivity index (χ4n) is 2.39. The van der Waals surface area contributed by atoms with Crippen LogP contribution in [0.3, 0.4) is 0 Å². The third-order valence-corrected chi connectivity index (χ3v) is 3.60. The number of nitrogens with zero attached hydrogens (tertiary/aromatic N) is 2. The van der Waals surface area contributed by atoms with Gasteiger partial charge in [-0.25, -0.2) is 4.99 Å². The Hall–Kier alpha value is -3.02. The maximum Gasteiger partial charge on any atom is 0.191 e. The molecule has 1 aromatic carbocycles. The zero-order chi connectivity index (χ0) is 17.3. The highest BCUT2D eigenvalue weighted by molar-refractivity contribution is 5.79. The lowest BCUT2D eigenvalue weighted by atomic mass is 10.2. The van der Waals surface area contributed by atoms with Gasteiger partial charge in [0.25, 0.3) is 0 Å². The molecule has 2 heterocycles. The van der Waals surface area contributed by atoms with Crippen molar-refractivity contribution in [3.63, 3.8) is 0 Å². The van der Waals surface area contributed by atoms with E-state index in [2.05, 4.69) is 20.8 Å². The molecule has 0 aliphatic rings. The first-order valence-electron chi connectivity index (χ1n) is 8.40. The molecule has 0 aliphatic carbocycles. The SMILES string of the molecule is CCNC(=NCc1cc(-c2ccccc2)on1)NCCc1ccco1. The molecule has 0 saturated carbocycles. The Morgan fingerprint density at radius 1 is 1.12 bits per heavy atom. The predicted molar refractivity (Wildman–Crippen MR) is 97.2 cm³/mol. The summed E-state index contributed by atoms with van der Waals surface area (Å²) >= 11 is 0. The van der Waals surface area contributed by atoms with Gasteiger partial charge in [-0.1, -0.05) is 35.5 Å². The van der Waals surface area contributed by atoms with Crippen LogP contribution in [0.4, 0.5) is 0 Å². The van der Waals surface area contributed by atoms with Gasteiger partial charge in [0.05, 0.1) is 12.8 Å². The number of furan rings is 1. The number of rotatable bonds is 7. The molecule has 6 heteroatoms. The molecular weight excluding hydrogens is 316 g/mol. The van der Waals surface area contributed by atoms with Crippen molar-refractivity contribution in [1.82, 2.24) is 15.8 Å². The molecule has 0 amide bonds. The minimum absolute atomic E-state index is 0.451. The maximum absolute atomic E-state index is 5.40. The fraction of sp³-hybridized carbons (Fsp3) is 0.263. The lowest BCUT2D eigenvalue weighted by molar-refractivity contribution is 0.424. The Balaban J connectivity index is 1.56. The average molecular weight is 338 g/mol. The van der Waals surface area contributed by atoms with Crippen molar-refractivity contribution in [2.75, 3.05) is 13.1 Å². The Kier molecular flexibility index (Phi) is 5.87. The standard InChI is InChI=1S/C19H22N4O2/c1-2-20-19(21-11-10-17-9-6-12-24-17)22-14-16-13-18(25-23-16)15-7-4-3-5-8-15/h3-9,12-13H,2,10-11,14H2,1H3,(H2,20,21,22). The van der Waals surface area contributed by atoms with Crippen LogP contribution in [-0.4, -0.2) is 24.2 Å². The van der Waals surface area contributed by atoms with E-state index in [0.717, 1.165) is 48.2 Å². The molecule has 6 nitrogen and oxygen atoms in total. The molecule has 0 saturated heterocycles. The first-order chi connectivity index (χ1) is 12.3. The van der Waals surface area contributed by atoms with Crippen LogP contribution in [-0.2, 0) is 13.0 Å². The summed E-state index contributed by atoms with van der Waals surface area (Å²) in [6.07, 6.45) is 2.49. The molecule has 3 aromatic rings. The van der Waals surface area contributed by atoms with E-state index in [1.54, 1.807) is 6.26 Å². The van der Waals surface area contributed by atoms with Crippen LogP contribution >= 0.6 is 0 Å². The molecule has 0 spiro atoms. The van der Waals surface area contributed by atoms with Crippen molar-refractivity contribution < 1.29 is 8.94 Å². The van der Waals surface area contributed by atoms with Gasteiger partial charge in [0.1, 0.15) is 11.5 Å². The third kappa shape index (κ3) is 4.97. The smallest absolute Gasteiger partial charge is 0.191 e. The summed E-state index contributed by atoms with van der Waals surface area (Å²) < 4.78 is 10.7. The van der Waals surface area contributed by atoms with Gasteiger partial charge < -0.3 is 19.6 Å². The number of nitrogens with one attached hydrogen (secondary N) is 2. The highest BCUT2D eigenvalue weighted by Crippen LogP contribution is 2.19. The minimum atomic E-state index is 0.451. The number of guanidine groups is 1.